The van der Waals surface area contributed by atoms with Crippen LogP contribution >= 0.6 is 0 Å². The zero-order chi connectivity index (χ0) is 14.3. The number of nitrogens with two attached hydrogens (primary N) is 1. The monoisotopic (exact) mass is 264 g/mol. The summed E-state index contributed by atoms with van der Waals surface area (Å²) in [4.78, 5) is 4.39. The summed E-state index contributed by atoms with van der Waals surface area (Å²) >= 11 is 0. The Bertz CT molecular complexity index is 429. The molecule has 19 heavy (non-hydrogen) atoms. The van der Waals surface area contributed by atoms with E-state index in [-0.39, 0.29) is 5.54 Å². The van der Waals surface area contributed by atoms with E-state index in [1.807, 2.05) is 4.68 Å². The summed E-state index contributed by atoms with van der Waals surface area (Å²) in [7, 11) is 0. The topological polar surface area (TPSA) is 56.7 Å². The van der Waals surface area contributed by atoms with Crippen LogP contribution in [-0.4, -0.2) is 20.3 Å². The molecule has 0 spiro atoms. The molecule has 2 N–H and O–H groups in total. The van der Waals surface area contributed by atoms with Gasteiger partial charge in [0.05, 0.1) is 0 Å². The van der Waals surface area contributed by atoms with Gasteiger partial charge in [-0.2, -0.15) is 5.10 Å². The van der Waals surface area contributed by atoms with Gasteiger partial charge < -0.3 is 5.73 Å². The molecular weight excluding hydrogens is 236 g/mol. The molecule has 2 rings (SSSR count). The smallest absolute Gasteiger partial charge is 0.138 e. The fourth-order valence-corrected chi connectivity index (χ4v) is 4.52. The molecule has 1 aromatic rings. The Hall–Kier alpha value is -0.900. The van der Waals surface area contributed by atoms with E-state index in [9.17, 15) is 0 Å². The van der Waals surface area contributed by atoms with E-state index in [2.05, 4.69) is 44.7 Å². The van der Waals surface area contributed by atoms with Crippen molar-refractivity contribution in [2.45, 2.75) is 72.4 Å². The second-order valence-corrected chi connectivity index (χ2v) is 7.89. The molecule has 0 amide bonds. The molecule has 0 aliphatic heterocycles. The molecule has 1 heterocycles. The molecule has 1 aliphatic rings. The van der Waals surface area contributed by atoms with Crippen molar-refractivity contribution >= 4 is 0 Å². The van der Waals surface area contributed by atoms with Gasteiger partial charge in [0.2, 0.25) is 0 Å². The van der Waals surface area contributed by atoms with Gasteiger partial charge in [0.1, 0.15) is 12.2 Å². The number of aryl methyl sites for hydroxylation is 1. The SMILES string of the molecule is CCn1ncnc1CC1(N)CC(C)(C)CC(C)(C)C1. The number of rotatable bonds is 3. The highest BCUT2D eigenvalue weighted by Crippen LogP contribution is 2.49. The molecule has 0 atom stereocenters. The first-order valence-electron chi connectivity index (χ1n) is 7.30. The maximum Gasteiger partial charge on any atom is 0.138 e. The number of hydrogen-bond donors (Lipinski definition) is 1. The van der Waals surface area contributed by atoms with Crippen molar-refractivity contribution in [2.24, 2.45) is 16.6 Å². The number of aromatic nitrogens is 3. The van der Waals surface area contributed by atoms with E-state index in [4.69, 9.17) is 5.73 Å². The maximum absolute atomic E-state index is 6.74. The second-order valence-electron chi connectivity index (χ2n) is 7.89. The summed E-state index contributed by atoms with van der Waals surface area (Å²) in [6.45, 7) is 12.3. The van der Waals surface area contributed by atoms with Crippen LogP contribution < -0.4 is 5.73 Å². The summed E-state index contributed by atoms with van der Waals surface area (Å²) in [6, 6.07) is 0. The van der Waals surface area contributed by atoms with Crippen LogP contribution in [0.5, 0.6) is 0 Å². The molecule has 0 aromatic carbocycles. The Morgan fingerprint density at radius 3 is 2.26 bits per heavy atom. The van der Waals surface area contributed by atoms with Gasteiger partial charge in [-0.1, -0.05) is 27.7 Å². The van der Waals surface area contributed by atoms with Crippen LogP contribution in [0.15, 0.2) is 6.33 Å². The van der Waals surface area contributed by atoms with Gasteiger partial charge in [-0.15, -0.1) is 0 Å². The summed E-state index contributed by atoms with van der Waals surface area (Å²) in [5.74, 6) is 1.03. The Balaban J connectivity index is 2.22. The third-order valence-corrected chi connectivity index (χ3v) is 4.12. The van der Waals surface area contributed by atoms with Crippen LogP contribution in [0.3, 0.4) is 0 Å². The minimum atomic E-state index is -0.162. The predicted octanol–water partition coefficient (Wildman–Crippen LogP) is 2.77. The van der Waals surface area contributed by atoms with Crippen molar-refractivity contribution in [3.05, 3.63) is 12.2 Å². The van der Waals surface area contributed by atoms with Crippen molar-refractivity contribution in [3.8, 4) is 0 Å². The highest BCUT2D eigenvalue weighted by atomic mass is 15.3. The zero-order valence-electron chi connectivity index (χ0n) is 13.0. The first-order valence-corrected chi connectivity index (χ1v) is 7.30. The minimum absolute atomic E-state index is 0.162. The van der Waals surface area contributed by atoms with E-state index < -0.39 is 0 Å². The molecule has 1 aromatic heterocycles. The molecule has 4 heteroatoms. The van der Waals surface area contributed by atoms with Gasteiger partial charge in [-0.3, -0.25) is 4.68 Å². The van der Waals surface area contributed by atoms with Crippen molar-refractivity contribution in [2.75, 3.05) is 0 Å². The predicted molar refractivity (Wildman–Crippen MR) is 77.7 cm³/mol. The quantitative estimate of drug-likeness (QED) is 0.913. The van der Waals surface area contributed by atoms with Crippen molar-refractivity contribution < 1.29 is 0 Å². The van der Waals surface area contributed by atoms with Gasteiger partial charge in [0.15, 0.2) is 0 Å². The third-order valence-electron chi connectivity index (χ3n) is 4.12. The molecule has 1 aliphatic carbocycles. The molecular formula is C15H28N4. The van der Waals surface area contributed by atoms with Crippen LogP contribution in [-0.2, 0) is 13.0 Å². The maximum atomic E-state index is 6.74. The summed E-state index contributed by atoms with van der Waals surface area (Å²) < 4.78 is 1.96. The van der Waals surface area contributed by atoms with Gasteiger partial charge in [0.25, 0.3) is 0 Å². The second kappa shape index (κ2) is 4.58. The molecule has 0 bridgehead atoms. The lowest BCUT2D eigenvalue weighted by Gasteiger charge is -2.50. The fourth-order valence-electron chi connectivity index (χ4n) is 4.52. The molecule has 0 unspecified atom stereocenters. The van der Waals surface area contributed by atoms with Crippen LogP contribution in [0.2, 0.25) is 0 Å². The lowest BCUT2D eigenvalue weighted by atomic mass is 9.58. The number of hydrogen-bond acceptors (Lipinski definition) is 3. The van der Waals surface area contributed by atoms with Crippen molar-refractivity contribution in [1.82, 2.24) is 14.8 Å². The van der Waals surface area contributed by atoms with Gasteiger partial charge >= 0.3 is 0 Å². The molecule has 0 saturated heterocycles. The lowest BCUT2D eigenvalue weighted by Crippen LogP contribution is -2.53. The first kappa shape index (κ1) is 14.5. The first-order chi connectivity index (χ1) is 8.65. The fraction of sp³-hybridized carbons (Fsp3) is 0.867. The zero-order valence-corrected chi connectivity index (χ0v) is 13.0. The van der Waals surface area contributed by atoms with E-state index in [1.165, 1.54) is 6.42 Å². The van der Waals surface area contributed by atoms with Crippen LogP contribution in [0.1, 0.15) is 59.7 Å². The molecule has 1 saturated carbocycles. The van der Waals surface area contributed by atoms with Gasteiger partial charge in [0, 0.05) is 18.5 Å². The third kappa shape index (κ3) is 3.35. The Kier molecular flexibility index (Phi) is 3.50. The summed E-state index contributed by atoms with van der Waals surface area (Å²) in [5.41, 5.74) is 7.18. The standard InChI is InChI=1S/C15H28N4/c1-6-19-12(17-11-18-19)7-15(16)9-13(2,3)8-14(4,5)10-15/h11H,6-10,16H2,1-5H3. The molecule has 4 nitrogen and oxygen atoms in total. The number of nitrogens with zero attached hydrogens (tertiary/aromatic N) is 3. The van der Waals surface area contributed by atoms with Crippen molar-refractivity contribution in [1.29, 1.82) is 0 Å². The van der Waals surface area contributed by atoms with Crippen molar-refractivity contribution in [3.63, 3.8) is 0 Å². The minimum Gasteiger partial charge on any atom is -0.325 e. The van der Waals surface area contributed by atoms with Crippen LogP contribution in [0, 0.1) is 10.8 Å². The Morgan fingerprint density at radius 1 is 1.16 bits per heavy atom. The normalized spacial score (nSPS) is 24.3. The van der Waals surface area contributed by atoms with E-state index in [0.29, 0.717) is 10.8 Å². The highest BCUT2D eigenvalue weighted by molar-refractivity contribution is 5.06. The van der Waals surface area contributed by atoms with Gasteiger partial charge in [-0.25, -0.2) is 4.98 Å². The van der Waals surface area contributed by atoms with Gasteiger partial charge in [-0.05, 0) is 37.0 Å². The molecule has 0 radical (unpaired) electrons. The van der Waals surface area contributed by atoms with E-state index in [1.54, 1.807) is 6.33 Å². The van der Waals surface area contributed by atoms with E-state index >= 15 is 0 Å². The highest BCUT2D eigenvalue weighted by Gasteiger charge is 2.45. The molecule has 1 fully saturated rings. The lowest BCUT2D eigenvalue weighted by molar-refractivity contribution is 0.0473. The largest absolute Gasteiger partial charge is 0.325 e. The average Bonchev–Trinajstić information content (AvgIpc) is 2.57. The molecule has 108 valence electrons. The Labute approximate surface area is 116 Å². The Morgan fingerprint density at radius 2 is 1.74 bits per heavy atom. The summed E-state index contributed by atoms with van der Waals surface area (Å²) in [5, 5.41) is 4.25. The van der Waals surface area contributed by atoms with Crippen LogP contribution in [0.25, 0.3) is 0 Å². The van der Waals surface area contributed by atoms with Crippen LogP contribution in [0.4, 0.5) is 0 Å². The summed E-state index contributed by atoms with van der Waals surface area (Å²) in [6.07, 6.45) is 5.81. The van der Waals surface area contributed by atoms with E-state index in [0.717, 1.165) is 31.6 Å². The average molecular weight is 264 g/mol.